The summed E-state index contributed by atoms with van der Waals surface area (Å²) in [7, 11) is 0. The summed E-state index contributed by atoms with van der Waals surface area (Å²) in [5.41, 5.74) is 2.76. The zero-order valence-corrected chi connectivity index (χ0v) is 11.0. The molecule has 0 saturated carbocycles. The predicted octanol–water partition coefficient (Wildman–Crippen LogP) is 1.59. The van der Waals surface area contributed by atoms with Gasteiger partial charge in [0.2, 0.25) is 0 Å². The molecule has 102 valence electrons. The van der Waals surface area contributed by atoms with Gasteiger partial charge in [0.05, 0.1) is 0 Å². The van der Waals surface area contributed by atoms with Crippen molar-refractivity contribution in [3.05, 3.63) is 29.3 Å². The van der Waals surface area contributed by atoms with Crippen molar-refractivity contribution in [1.82, 2.24) is 4.90 Å². The van der Waals surface area contributed by atoms with Gasteiger partial charge in [-0.25, -0.2) is 0 Å². The van der Waals surface area contributed by atoms with Crippen molar-refractivity contribution in [2.75, 3.05) is 25.0 Å². The number of aryl methyl sites for hydroxylation is 1. The van der Waals surface area contributed by atoms with Gasteiger partial charge >= 0.3 is 5.97 Å². The van der Waals surface area contributed by atoms with Gasteiger partial charge in [-0.15, -0.1) is 0 Å². The molecule has 1 aliphatic rings. The molecule has 2 N–H and O–H groups in total. The van der Waals surface area contributed by atoms with Crippen LogP contribution in [0.3, 0.4) is 0 Å². The molecule has 5 heteroatoms. The molecule has 0 bridgehead atoms. The Hall–Kier alpha value is -2.04. The minimum atomic E-state index is -0.991. The number of carboxylic acids is 1. The summed E-state index contributed by atoms with van der Waals surface area (Å²) < 4.78 is 0. The molecule has 19 heavy (non-hydrogen) atoms. The van der Waals surface area contributed by atoms with Gasteiger partial charge < -0.3 is 15.3 Å². The average molecular weight is 262 g/mol. The molecular formula is C14H18N2O3. The zero-order chi connectivity index (χ0) is 13.8. The second kappa shape index (κ2) is 5.73. The number of carbonyl (C=O) groups is 2. The van der Waals surface area contributed by atoms with Gasteiger partial charge in [-0.05, 0) is 43.5 Å². The van der Waals surface area contributed by atoms with Crippen LogP contribution in [0.5, 0.6) is 0 Å². The maximum absolute atomic E-state index is 12.2. The maximum Gasteiger partial charge on any atom is 0.323 e. The largest absolute Gasteiger partial charge is 0.480 e. The van der Waals surface area contributed by atoms with E-state index >= 15 is 0 Å². The lowest BCUT2D eigenvalue weighted by Gasteiger charge is -2.21. The van der Waals surface area contributed by atoms with E-state index in [0.717, 1.165) is 30.6 Å². The molecule has 0 atom stereocenters. The second-order valence-corrected chi connectivity index (χ2v) is 4.62. The highest BCUT2D eigenvalue weighted by Gasteiger charge is 2.18. The molecule has 0 aromatic heterocycles. The number of anilines is 1. The van der Waals surface area contributed by atoms with E-state index in [0.29, 0.717) is 12.1 Å². The summed E-state index contributed by atoms with van der Waals surface area (Å²) in [4.78, 5) is 24.3. The summed E-state index contributed by atoms with van der Waals surface area (Å²) in [6.45, 7) is 2.87. The van der Waals surface area contributed by atoms with Gasteiger partial charge in [0, 0.05) is 24.3 Å². The third-order valence-electron chi connectivity index (χ3n) is 3.29. The van der Waals surface area contributed by atoms with Crippen LogP contribution in [-0.2, 0) is 11.2 Å². The Morgan fingerprint density at radius 2 is 2.21 bits per heavy atom. The molecule has 1 aromatic rings. The average Bonchev–Trinajstić information content (AvgIpc) is 2.43. The molecule has 0 spiro atoms. The highest BCUT2D eigenvalue weighted by atomic mass is 16.4. The minimum absolute atomic E-state index is 0.224. The van der Waals surface area contributed by atoms with Crippen LogP contribution in [0.1, 0.15) is 29.3 Å². The van der Waals surface area contributed by atoms with E-state index in [1.165, 1.54) is 4.90 Å². The van der Waals surface area contributed by atoms with E-state index in [4.69, 9.17) is 5.11 Å². The lowest BCUT2D eigenvalue weighted by atomic mass is 10.0. The van der Waals surface area contributed by atoms with Crippen molar-refractivity contribution in [1.29, 1.82) is 0 Å². The molecule has 0 saturated heterocycles. The van der Waals surface area contributed by atoms with E-state index in [9.17, 15) is 9.59 Å². The van der Waals surface area contributed by atoms with Gasteiger partial charge in [-0.2, -0.15) is 0 Å². The first-order valence-electron chi connectivity index (χ1n) is 6.49. The van der Waals surface area contributed by atoms with Crippen LogP contribution in [0.25, 0.3) is 0 Å². The maximum atomic E-state index is 12.2. The SMILES string of the molecule is CCN(CC(=O)O)C(=O)c1ccc2c(c1)CCCN2. The Morgan fingerprint density at radius 3 is 2.89 bits per heavy atom. The molecule has 0 unspecified atom stereocenters. The number of carboxylic acid groups (broad SMARTS) is 1. The van der Waals surface area contributed by atoms with E-state index in [-0.39, 0.29) is 12.5 Å². The number of benzene rings is 1. The summed E-state index contributed by atoms with van der Waals surface area (Å²) in [5.74, 6) is -1.21. The number of aliphatic carboxylic acids is 1. The van der Waals surface area contributed by atoms with Crippen molar-refractivity contribution in [2.24, 2.45) is 0 Å². The molecule has 0 fully saturated rings. The number of hydrogen-bond acceptors (Lipinski definition) is 3. The fraction of sp³-hybridized carbons (Fsp3) is 0.429. The topological polar surface area (TPSA) is 69.6 Å². The lowest BCUT2D eigenvalue weighted by molar-refractivity contribution is -0.137. The monoisotopic (exact) mass is 262 g/mol. The van der Waals surface area contributed by atoms with Gasteiger partial charge in [0.25, 0.3) is 5.91 Å². The number of nitrogens with one attached hydrogen (secondary N) is 1. The van der Waals surface area contributed by atoms with Crippen LogP contribution >= 0.6 is 0 Å². The van der Waals surface area contributed by atoms with Crippen LogP contribution in [0.2, 0.25) is 0 Å². The van der Waals surface area contributed by atoms with E-state index in [1.807, 2.05) is 12.1 Å². The predicted molar refractivity (Wildman–Crippen MR) is 72.5 cm³/mol. The fourth-order valence-electron chi connectivity index (χ4n) is 2.28. The number of rotatable bonds is 4. The normalized spacial score (nSPS) is 13.3. The Kier molecular flexibility index (Phi) is 4.04. The first kappa shape index (κ1) is 13.4. The van der Waals surface area contributed by atoms with Gasteiger partial charge in [-0.3, -0.25) is 9.59 Å². The van der Waals surface area contributed by atoms with Gasteiger partial charge in [-0.1, -0.05) is 0 Å². The summed E-state index contributed by atoms with van der Waals surface area (Å²) in [6, 6.07) is 5.52. The summed E-state index contributed by atoms with van der Waals surface area (Å²) in [5, 5.41) is 12.1. The number of nitrogens with zero attached hydrogens (tertiary/aromatic N) is 1. The standard InChI is InChI=1S/C14H18N2O3/c1-2-16(9-13(17)18)14(19)11-5-6-12-10(8-11)4-3-7-15-12/h5-6,8,15H,2-4,7,9H2,1H3,(H,17,18). The zero-order valence-electron chi connectivity index (χ0n) is 11.0. The van der Waals surface area contributed by atoms with Crippen LogP contribution in [0.15, 0.2) is 18.2 Å². The second-order valence-electron chi connectivity index (χ2n) is 4.62. The quantitative estimate of drug-likeness (QED) is 0.864. The van der Waals surface area contributed by atoms with Crippen LogP contribution in [0, 0.1) is 0 Å². The Morgan fingerprint density at radius 1 is 1.42 bits per heavy atom. The number of fused-ring (bicyclic) bond motifs is 1. The first-order valence-corrected chi connectivity index (χ1v) is 6.49. The van der Waals surface area contributed by atoms with Crippen LogP contribution < -0.4 is 5.32 Å². The Labute approximate surface area is 112 Å². The van der Waals surface area contributed by atoms with Crippen molar-refractivity contribution < 1.29 is 14.7 Å². The molecule has 1 aliphatic heterocycles. The van der Waals surface area contributed by atoms with Crippen molar-refractivity contribution in [3.63, 3.8) is 0 Å². The van der Waals surface area contributed by atoms with Gasteiger partial charge in [0.1, 0.15) is 6.54 Å². The molecule has 5 nitrogen and oxygen atoms in total. The van der Waals surface area contributed by atoms with Crippen molar-refractivity contribution in [3.8, 4) is 0 Å². The summed E-state index contributed by atoms with van der Waals surface area (Å²) >= 11 is 0. The Bertz CT molecular complexity index is 499. The first-order chi connectivity index (χ1) is 9.11. The number of amides is 1. The van der Waals surface area contributed by atoms with E-state index in [1.54, 1.807) is 13.0 Å². The lowest BCUT2D eigenvalue weighted by Crippen LogP contribution is -2.35. The van der Waals surface area contributed by atoms with Gasteiger partial charge in [0.15, 0.2) is 0 Å². The minimum Gasteiger partial charge on any atom is -0.480 e. The molecule has 0 aliphatic carbocycles. The molecule has 1 aromatic carbocycles. The van der Waals surface area contributed by atoms with E-state index < -0.39 is 5.97 Å². The van der Waals surface area contributed by atoms with Crippen LogP contribution in [0.4, 0.5) is 5.69 Å². The molecule has 1 heterocycles. The third-order valence-corrected chi connectivity index (χ3v) is 3.29. The molecular weight excluding hydrogens is 244 g/mol. The number of carbonyl (C=O) groups excluding carboxylic acids is 1. The van der Waals surface area contributed by atoms with E-state index in [2.05, 4.69) is 5.32 Å². The highest BCUT2D eigenvalue weighted by Crippen LogP contribution is 2.23. The van der Waals surface area contributed by atoms with Crippen molar-refractivity contribution >= 4 is 17.6 Å². The number of likely N-dealkylation sites (N-methyl/N-ethyl adjacent to an activating group) is 1. The van der Waals surface area contributed by atoms with Crippen molar-refractivity contribution in [2.45, 2.75) is 19.8 Å². The molecule has 2 rings (SSSR count). The fourth-order valence-corrected chi connectivity index (χ4v) is 2.28. The number of hydrogen-bond donors (Lipinski definition) is 2. The molecule has 1 amide bonds. The highest BCUT2D eigenvalue weighted by molar-refractivity contribution is 5.96. The van der Waals surface area contributed by atoms with Crippen LogP contribution in [-0.4, -0.2) is 41.5 Å². The molecule has 0 radical (unpaired) electrons. The third kappa shape index (κ3) is 3.05. The Balaban J connectivity index is 2.20. The summed E-state index contributed by atoms with van der Waals surface area (Å²) in [6.07, 6.45) is 2.01. The smallest absolute Gasteiger partial charge is 0.323 e.